The van der Waals surface area contributed by atoms with Crippen molar-refractivity contribution in [2.24, 2.45) is 0 Å². The van der Waals surface area contributed by atoms with Gasteiger partial charge in [-0.15, -0.1) is 0 Å². The lowest BCUT2D eigenvalue weighted by Crippen LogP contribution is -2.42. The standard InChI is InChI=1S/C19H22FNO4S/c20-18-6-2-1-4-15(18)7-8-19(22)21-11-9-17(10-12-21)26(23,24)14-16-5-3-13-25-16/h1-6,13,17H,7-12,14H2. The molecule has 7 heteroatoms. The van der Waals surface area contributed by atoms with Crippen molar-refractivity contribution in [3.05, 3.63) is 59.8 Å². The van der Waals surface area contributed by atoms with Gasteiger partial charge in [-0.3, -0.25) is 4.79 Å². The van der Waals surface area contributed by atoms with Gasteiger partial charge in [0.2, 0.25) is 5.91 Å². The van der Waals surface area contributed by atoms with E-state index in [0.29, 0.717) is 43.7 Å². The molecule has 2 aromatic rings. The van der Waals surface area contributed by atoms with Crippen molar-refractivity contribution in [3.63, 3.8) is 0 Å². The fourth-order valence-electron chi connectivity index (χ4n) is 3.28. The first-order valence-corrected chi connectivity index (χ1v) is 10.4. The van der Waals surface area contributed by atoms with Crippen LogP contribution in [0.5, 0.6) is 0 Å². The molecular formula is C19H22FNO4S. The number of halogens is 1. The molecule has 1 saturated heterocycles. The maximum Gasteiger partial charge on any atom is 0.222 e. The third kappa shape index (κ3) is 4.52. The highest BCUT2D eigenvalue weighted by Crippen LogP contribution is 2.22. The number of benzene rings is 1. The number of piperidine rings is 1. The summed E-state index contributed by atoms with van der Waals surface area (Å²) in [6.07, 6.45) is 2.89. The van der Waals surface area contributed by atoms with Gasteiger partial charge in [0.05, 0.1) is 11.5 Å². The van der Waals surface area contributed by atoms with Crippen LogP contribution in [-0.4, -0.2) is 37.6 Å². The van der Waals surface area contributed by atoms with E-state index in [2.05, 4.69) is 0 Å². The molecule has 26 heavy (non-hydrogen) atoms. The highest BCUT2D eigenvalue weighted by molar-refractivity contribution is 7.91. The van der Waals surface area contributed by atoms with Crippen molar-refractivity contribution >= 4 is 15.7 Å². The SMILES string of the molecule is O=C(CCc1ccccc1F)N1CCC(S(=O)(=O)Cc2ccco2)CC1. The Hall–Kier alpha value is -2.15. The van der Waals surface area contributed by atoms with Gasteiger partial charge in [-0.1, -0.05) is 18.2 Å². The number of hydrogen-bond donors (Lipinski definition) is 0. The van der Waals surface area contributed by atoms with E-state index in [1.54, 1.807) is 35.2 Å². The van der Waals surface area contributed by atoms with Crippen molar-refractivity contribution in [1.29, 1.82) is 0 Å². The molecule has 1 aliphatic heterocycles. The van der Waals surface area contributed by atoms with E-state index >= 15 is 0 Å². The molecule has 5 nitrogen and oxygen atoms in total. The summed E-state index contributed by atoms with van der Waals surface area (Å²) in [7, 11) is -3.30. The average molecular weight is 379 g/mol. The van der Waals surface area contributed by atoms with Gasteiger partial charge in [0.25, 0.3) is 0 Å². The Labute approximate surface area is 152 Å². The van der Waals surface area contributed by atoms with Crippen molar-refractivity contribution in [1.82, 2.24) is 4.90 Å². The molecule has 2 heterocycles. The van der Waals surface area contributed by atoms with Gasteiger partial charge in [-0.25, -0.2) is 12.8 Å². The zero-order valence-corrected chi connectivity index (χ0v) is 15.3. The first-order valence-electron chi connectivity index (χ1n) is 8.71. The molecule has 1 aliphatic rings. The predicted octanol–water partition coefficient (Wildman–Crippen LogP) is 2.96. The van der Waals surface area contributed by atoms with Gasteiger partial charge in [0.15, 0.2) is 9.84 Å². The molecule has 3 rings (SSSR count). The molecule has 0 radical (unpaired) electrons. The number of furan rings is 1. The Morgan fingerprint density at radius 1 is 1.15 bits per heavy atom. The van der Waals surface area contributed by atoms with E-state index in [1.807, 2.05) is 0 Å². The molecule has 0 atom stereocenters. The Morgan fingerprint density at radius 2 is 1.88 bits per heavy atom. The summed E-state index contributed by atoms with van der Waals surface area (Å²) in [6, 6.07) is 9.75. The van der Waals surface area contributed by atoms with E-state index in [9.17, 15) is 17.6 Å². The maximum absolute atomic E-state index is 13.6. The van der Waals surface area contributed by atoms with Crippen LogP contribution in [0.3, 0.4) is 0 Å². The number of rotatable bonds is 6. The van der Waals surface area contributed by atoms with Crippen LogP contribution in [0.2, 0.25) is 0 Å². The topological polar surface area (TPSA) is 67.6 Å². The molecule has 0 spiro atoms. The minimum atomic E-state index is -3.30. The van der Waals surface area contributed by atoms with Crippen LogP contribution in [0.25, 0.3) is 0 Å². The van der Waals surface area contributed by atoms with E-state index in [-0.39, 0.29) is 23.9 Å². The Kier molecular flexibility index (Phi) is 5.76. The largest absolute Gasteiger partial charge is 0.468 e. The second-order valence-electron chi connectivity index (χ2n) is 6.56. The predicted molar refractivity (Wildman–Crippen MR) is 95.7 cm³/mol. The monoisotopic (exact) mass is 379 g/mol. The molecule has 1 fully saturated rings. The number of nitrogens with zero attached hydrogens (tertiary/aromatic N) is 1. The number of hydrogen-bond acceptors (Lipinski definition) is 4. The molecular weight excluding hydrogens is 357 g/mol. The van der Waals surface area contributed by atoms with Crippen LogP contribution in [0, 0.1) is 5.82 Å². The van der Waals surface area contributed by atoms with Crippen LogP contribution in [0.4, 0.5) is 4.39 Å². The smallest absolute Gasteiger partial charge is 0.222 e. The summed E-state index contributed by atoms with van der Waals surface area (Å²) in [5.41, 5.74) is 0.525. The van der Waals surface area contributed by atoms with Gasteiger partial charge in [-0.05, 0) is 43.0 Å². The van der Waals surface area contributed by atoms with E-state index in [1.165, 1.54) is 12.3 Å². The van der Waals surface area contributed by atoms with Gasteiger partial charge >= 0.3 is 0 Å². The molecule has 0 N–H and O–H groups in total. The fraction of sp³-hybridized carbons (Fsp3) is 0.421. The summed E-state index contributed by atoms with van der Waals surface area (Å²) >= 11 is 0. The molecule has 1 aromatic heterocycles. The number of carbonyl (C=O) groups excluding carboxylic acids is 1. The molecule has 0 unspecified atom stereocenters. The summed E-state index contributed by atoms with van der Waals surface area (Å²) < 4.78 is 43.7. The second kappa shape index (κ2) is 8.03. The quantitative estimate of drug-likeness (QED) is 0.774. The van der Waals surface area contributed by atoms with E-state index < -0.39 is 15.1 Å². The summed E-state index contributed by atoms with van der Waals surface area (Å²) in [6.45, 7) is 0.830. The molecule has 1 aromatic carbocycles. The Bertz CT molecular complexity index is 840. The number of amides is 1. The van der Waals surface area contributed by atoms with Crippen LogP contribution in [-0.2, 0) is 26.8 Å². The molecule has 140 valence electrons. The lowest BCUT2D eigenvalue weighted by atomic mass is 10.1. The third-order valence-corrected chi connectivity index (χ3v) is 6.97. The molecule has 0 saturated carbocycles. The maximum atomic E-state index is 13.6. The first-order chi connectivity index (χ1) is 12.5. The minimum absolute atomic E-state index is 0.0601. The number of sulfone groups is 1. The van der Waals surface area contributed by atoms with Crippen LogP contribution < -0.4 is 0 Å². The van der Waals surface area contributed by atoms with Crippen molar-refractivity contribution in [2.75, 3.05) is 13.1 Å². The zero-order chi connectivity index (χ0) is 18.6. The van der Waals surface area contributed by atoms with Crippen molar-refractivity contribution in [2.45, 2.75) is 36.7 Å². The number of likely N-dealkylation sites (tertiary alicyclic amines) is 1. The average Bonchev–Trinajstić information content (AvgIpc) is 3.13. The van der Waals surface area contributed by atoms with Crippen molar-refractivity contribution in [3.8, 4) is 0 Å². The van der Waals surface area contributed by atoms with Crippen LogP contribution in [0.1, 0.15) is 30.6 Å². The van der Waals surface area contributed by atoms with Crippen LogP contribution >= 0.6 is 0 Å². The molecule has 0 bridgehead atoms. The van der Waals surface area contributed by atoms with E-state index in [4.69, 9.17) is 4.42 Å². The Balaban J connectivity index is 1.50. The van der Waals surface area contributed by atoms with E-state index in [0.717, 1.165) is 0 Å². The molecule has 1 amide bonds. The number of carbonyl (C=O) groups is 1. The zero-order valence-electron chi connectivity index (χ0n) is 14.4. The van der Waals surface area contributed by atoms with Gasteiger partial charge < -0.3 is 9.32 Å². The van der Waals surface area contributed by atoms with Crippen LogP contribution in [0.15, 0.2) is 47.1 Å². The minimum Gasteiger partial charge on any atom is -0.468 e. The highest BCUT2D eigenvalue weighted by Gasteiger charge is 2.32. The van der Waals surface area contributed by atoms with Gasteiger partial charge in [0.1, 0.15) is 17.3 Å². The third-order valence-electron chi connectivity index (χ3n) is 4.79. The highest BCUT2D eigenvalue weighted by atomic mass is 32.2. The summed E-state index contributed by atoms with van der Waals surface area (Å²) in [5, 5.41) is -0.455. The van der Waals surface area contributed by atoms with Gasteiger partial charge in [-0.2, -0.15) is 0 Å². The Morgan fingerprint density at radius 3 is 2.54 bits per heavy atom. The number of aryl methyl sites for hydroxylation is 1. The normalized spacial score (nSPS) is 16.0. The second-order valence-corrected chi connectivity index (χ2v) is 8.84. The summed E-state index contributed by atoms with van der Waals surface area (Å²) in [5.74, 6) is -0.0297. The van der Waals surface area contributed by atoms with Crippen molar-refractivity contribution < 1.29 is 22.0 Å². The lowest BCUT2D eigenvalue weighted by molar-refractivity contribution is -0.132. The molecule has 0 aliphatic carbocycles. The fourth-order valence-corrected chi connectivity index (χ4v) is 5.00. The lowest BCUT2D eigenvalue weighted by Gasteiger charge is -2.31. The first kappa shape index (κ1) is 18.6. The summed E-state index contributed by atoms with van der Waals surface area (Å²) in [4.78, 5) is 14.0. The van der Waals surface area contributed by atoms with Gasteiger partial charge in [0, 0.05) is 19.5 Å².